The molecule has 0 aromatic carbocycles. The van der Waals surface area contributed by atoms with Crippen LogP contribution in [0.4, 0.5) is 0 Å². The molecule has 152 valence electrons. The molecule has 0 aromatic rings. The van der Waals surface area contributed by atoms with Crippen molar-refractivity contribution in [3.63, 3.8) is 0 Å². The third-order valence-electron chi connectivity index (χ3n) is 4.99. The first-order valence-corrected chi connectivity index (χ1v) is 11.0. The van der Waals surface area contributed by atoms with Crippen LogP contribution in [0.2, 0.25) is 0 Å². The molecule has 0 saturated carbocycles. The van der Waals surface area contributed by atoms with E-state index in [9.17, 15) is 4.79 Å². The maximum atomic E-state index is 10.4. The van der Waals surface area contributed by atoms with Gasteiger partial charge in [0.1, 0.15) is 0 Å². The van der Waals surface area contributed by atoms with Crippen molar-refractivity contribution < 1.29 is 9.90 Å². The Bertz CT molecular complexity index is 263. The molecule has 0 aliphatic carbocycles. The van der Waals surface area contributed by atoms with Gasteiger partial charge in [0.25, 0.3) is 0 Å². The van der Waals surface area contributed by atoms with Crippen LogP contribution in [0.1, 0.15) is 135 Å². The molecule has 0 heterocycles. The van der Waals surface area contributed by atoms with Crippen LogP contribution in [0.5, 0.6) is 0 Å². The molecule has 0 bridgehead atoms. The summed E-state index contributed by atoms with van der Waals surface area (Å²) in [5.74, 6) is -0.651. The summed E-state index contributed by atoms with van der Waals surface area (Å²) < 4.78 is 0. The first-order valence-electron chi connectivity index (χ1n) is 11.0. The van der Waals surface area contributed by atoms with Crippen molar-refractivity contribution in [2.75, 3.05) is 0 Å². The van der Waals surface area contributed by atoms with Gasteiger partial charge in [-0.05, 0) is 6.42 Å². The van der Waals surface area contributed by atoms with Crippen LogP contribution in [-0.4, -0.2) is 79.8 Å². The number of unbranched alkanes of at least 4 members (excludes halogenated alkanes) is 18. The van der Waals surface area contributed by atoms with E-state index in [1.54, 1.807) is 0 Å². The molecule has 0 fully saturated rings. The van der Waals surface area contributed by atoms with E-state index >= 15 is 0 Å². The van der Waals surface area contributed by atoms with Gasteiger partial charge in [0.2, 0.25) is 0 Å². The zero-order chi connectivity index (χ0) is 17.7. The van der Waals surface area contributed by atoms with E-state index in [0.717, 1.165) is 12.8 Å². The molecule has 0 atom stereocenters. The minimum atomic E-state index is -0.651. The minimum absolute atomic E-state index is 0. The van der Waals surface area contributed by atoms with Crippen molar-refractivity contribution in [1.29, 1.82) is 0 Å². The molecule has 2 nitrogen and oxygen atoms in total. The molecule has 0 aliphatic heterocycles. The summed E-state index contributed by atoms with van der Waals surface area (Å²) in [6.07, 6.45) is 26.1. The van der Waals surface area contributed by atoms with E-state index in [-0.39, 0.29) is 68.7 Å². The topological polar surface area (TPSA) is 37.3 Å². The maximum absolute atomic E-state index is 10.4. The average Bonchev–Trinajstić information content (AvgIpc) is 2.56. The van der Waals surface area contributed by atoms with Crippen LogP contribution in [0.15, 0.2) is 0 Å². The van der Waals surface area contributed by atoms with Crippen LogP contribution in [0, 0.1) is 0 Å². The van der Waals surface area contributed by atoms with E-state index < -0.39 is 5.97 Å². The molecule has 0 rings (SSSR count). The van der Waals surface area contributed by atoms with Crippen LogP contribution in [0.3, 0.4) is 0 Å². The molecule has 0 aromatic heterocycles. The second-order valence-corrected chi connectivity index (χ2v) is 7.51. The standard InChI is InChI=1S/C22H44O2.Al.K.4H/c1-2-3-4-5-6-7-8-9-10-11-12-13-14-15-16-17-18-19-20-21-22(23)24;;;;;;/h2-21H2,1H3,(H,23,24);;;;;;. The summed E-state index contributed by atoms with van der Waals surface area (Å²) in [5, 5.41) is 8.56. The predicted molar refractivity (Wildman–Crippen MR) is 123 cm³/mol. The Morgan fingerprint density at radius 1 is 0.538 bits per heavy atom. The average molecular weight is 411 g/mol. The monoisotopic (exact) mass is 410 g/mol. The van der Waals surface area contributed by atoms with Crippen molar-refractivity contribution in [2.24, 2.45) is 0 Å². The van der Waals surface area contributed by atoms with E-state index in [2.05, 4.69) is 6.92 Å². The summed E-state index contributed by atoms with van der Waals surface area (Å²) >= 11 is 0. The molecule has 26 heavy (non-hydrogen) atoms. The third-order valence-corrected chi connectivity index (χ3v) is 4.99. The Labute approximate surface area is 217 Å². The Balaban J connectivity index is -0.00000264. The van der Waals surface area contributed by atoms with Crippen molar-refractivity contribution in [2.45, 2.75) is 135 Å². The molecule has 4 heteroatoms. The number of hydrogen-bond donors (Lipinski definition) is 1. The van der Waals surface area contributed by atoms with Gasteiger partial charge < -0.3 is 5.11 Å². The van der Waals surface area contributed by atoms with Crippen LogP contribution >= 0.6 is 0 Å². The van der Waals surface area contributed by atoms with Gasteiger partial charge in [0.05, 0.1) is 0 Å². The summed E-state index contributed by atoms with van der Waals surface area (Å²) in [6, 6.07) is 0. The van der Waals surface area contributed by atoms with E-state index in [4.69, 9.17) is 5.11 Å². The van der Waals surface area contributed by atoms with Gasteiger partial charge in [-0.2, -0.15) is 0 Å². The summed E-state index contributed by atoms with van der Waals surface area (Å²) in [6.45, 7) is 2.28. The zero-order valence-corrected chi connectivity index (χ0v) is 16.5. The van der Waals surface area contributed by atoms with E-state index in [1.807, 2.05) is 0 Å². The van der Waals surface area contributed by atoms with E-state index in [1.165, 1.54) is 109 Å². The number of carbonyl (C=O) groups is 1. The molecule has 0 aliphatic rings. The second kappa shape index (κ2) is 28.8. The van der Waals surface area contributed by atoms with Gasteiger partial charge in [-0.15, -0.1) is 0 Å². The van der Waals surface area contributed by atoms with Gasteiger partial charge in [0, 0.05) is 6.42 Å². The molecular formula is C22H48AlKO2. The molecule has 1 N–H and O–H groups in total. The van der Waals surface area contributed by atoms with Crippen LogP contribution in [0.25, 0.3) is 0 Å². The van der Waals surface area contributed by atoms with Crippen molar-refractivity contribution in [3.05, 3.63) is 0 Å². The molecule has 0 unspecified atom stereocenters. The van der Waals surface area contributed by atoms with Gasteiger partial charge in [-0.3, -0.25) is 4.79 Å². The van der Waals surface area contributed by atoms with E-state index in [0.29, 0.717) is 6.42 Å². The fraction of sp³-hybridized carbons (Fsp3) is 0.955. The van der Waals surface area contributed by atoms with Gasteiger partial charge in [-0.1, -0.05) is 122 Å². The number of aliphatic carboxylic acids is 1. The van der Waals surface area contributed by atoms with Gasteiger partial charge in [0.15, 0.2) is 17.4 Å². The van der Waals surface area contributed by atoms with Crippen molar-refractivity contribution in [1.82, 2.24) is 0 Å². The number of hydrogen-bond acceptors (Lipinski definition) is 1. The van der Waals surface area contributed by atoms with Crippen molar-refractivity contribution >= 4 is 74.7 Å². The third kappa shape index (κ3) is 30.4. The van der Waals surface area contributed by atoms with Crippen LogP contribution in [-0.2, 0) is 4.79 Å². The first kappa shape index (κ1) is 32.3. The predicted octanol–water partition coefficient (Wildman–Crippen LogP) is 6.06. The Morgan fingerprint density at radius 2 is 0.769 bits per heavy atom. The van der Waals surface area contributed by atoms with Gasteiger partial charge >= 0.3 is 57.4 Å². The number of carboxylic acids is 1. The Kier molecular flexibility index (Phi) is 35.8. The summed E-state index contributed by atoms with van der Waals surface area (Å²) in [7, 11) is 0. The number of rotatable bonds is 20. The molecule has 0 spiro atoms. The fourth-order valence-corrected chi connectivity index (χ4v) is 3.35. The first-order chi connectivity index (χ1) is 11.8. The Hall–Kier alpha value is 1.64. The summed E-state index contributed by atoms with van der Waals surface area (Å²) in [5.41, 5.74) is 0. The quantitative estimate of drug-likeness (QED) is 0.196. The fourth-order valence-electron chi connectivity index (χ4n) is 3.35. The molecule has 0 radical (unpaired) electrons. The van der Waals surface area contributed by atoms with Crippen LogP contribution < -0.4 is 0 Å². The second-order valence-electron chi connectivity index (χ2n) is 7.51. The summed E-state index contributed by atoms with van der Waals surface area (Å²) in [4.78, 5) is 10.4. The normalized spacial score (nSPS) is 10.2. The zero-order valence-electron chi connectivity index (χ0n) is 16.5. The van der Waals surface area contributed by atoms with Crippen molar-refractivity contribution in [3.8, 4) is 0 Å². The van der Waals surface area contributed by atoms with Gasteiger partial charge in [-0.25, -0.2) is 0 Å². The molecule has 0 saturated heterocycles. The molecular weight excluding hydrogens is 362 g/mol. The SMILES string of the molecule is CCCCCCCCCCCCCCCCCCCCCC(=O)O.[AlH3].[KH]. The Morgan fingerprint density at radius 3 is 1.00 bits per heavy atom. The number of carboxylic acid groups (broad SMARTS) is 1. The molecule has 0 amide bonds.